The molecule has 9 N–H and O–H groups in total. The number of nitrogen functional groups attached to an aromatic ring is 1. The summed E-state index contributed by atoms with van der Waals surface area (Å²) >= 11 is 0.958. The number of carbonyl (C=O) groups excluding carboxylic acids is 2. The maximum Gasteiger partial charge on any atom is 0.418 e. The fourth-order valence-electron chi connectivity index (χ4n) is 5.64. The molecule has 21 heteroatoms. The second-order valence-electron chi connectivity index (χ2n) is 12.4. The van der Waals surface area contributed by atoms with E-state index in [4.69, 9.17) is 25.6 Å². The largest absolute Gasteiger partial charge is 0.485 e. The average molecular weight is 725 g/mol. The Morgan fingerprint density at radius 3 is 2.67 bits per heavy atom. The van der Waals surface area contributed by atoms with Crippen molar-refractivity contribution in [3.8, 4) is 5.75 Å². The SMILES string of the molecule is CC(ON=C(C(=O)NC1C(=O)N(OS(=O)(=O)O)C1(C)C)c1csc(N)n1)(C(=O)O)C1CCc2cc(C(N)=N[C@@H]3CN[C@@H](CO)C3)ccc2O1. The molecular weight excluding hydrogens is 688 g/mol. The molecule has 2 saturated heterocycles. The number of aliphatic hydroxyl groups is 1. The van der Waals surface area contributed by atoms with Gasteiger partial charge < -0.3 is 41.9 Å². The minimum Gasteiger partial charge on any atom is -0.485 e. The molecule has 49 heavy (non-hydrogen) atoms. The second-order valence-corrected chi connectivity index (χ2v) is 14.3. The van der Waals surface area contributed by atoms with Crippen molar-refractivity contribution in [1.29, 1.82) is 0 Å². The number of benzene rings is 1. The van der Waals surface area contributed by atoms with Crippen LogP contribution in [0.25, 0.3) is 0 Å². The average Bonchev–Trinajstić information content (AvgIpc) is 3.69. The number of amidine groups is 1. The molecular formula is C28H36N8O11S2. The minimum absolute atomic E-state index is 0.0120. The zero-order chi connectivity index (χ0) is 35.9. The molecule has 2 fully saturated rings. The number of hydrogen-bond acceptors (Lipinski definition) is 15. The highest BCUT2D eigenvalue weighted by molar-refractivity contribution is 7.80. The van der Waals surface area contributed by atoms with Crippen molar-refractivity contribution in [3.63, 3.8) is 0 Å². The number of oxime groups is 1. The van der Waals surface area contributed by atoms with E-state index in [1.807, 2.05) is 6.07 Å². The number of aliphatic imine (C=N–C) groups is 1. The number of hydroxylamine groups is 2. The fraction of sp³-hybridized carbons (Fsp3) is 0.500. The number of aliphatic hydroxyl groups excluding tert-OH is 1. The first-order chi connectivity index (χ1) is 22.9. The van der Waals surface area contributed by atoms with Crippen LogP contribution in [-0.2, 0) is 40.3 Å². The molecule has 4 heterocycles. The highest BCUT2D eigenvalue weighted by Crippen LogP contribution is 2.35. The molecule has 266 valence electrons. The lowest BCUT2D eigenvalue weighted by atomic mass is 9.84. The van der Waals surface area contributed by atoms with Gasteiger partial charge in [-0.1, -0.05) is 5.16 Å². The van der Waals surface area contributed by atoms with E-state index < -0.39 is 57.2 Å². The molecule has 2 amide bonds. The zero-order valence-corrected chi connectivity index (χ0v) is 28.2. The van der Waals surface area contributed by atoms with Crippen molar-refractivity contribution in [1.82, 2.24) is 20.7 Å². The Hall–Kier alpha value is -4.41. The van der Waals surface area contributed by atoms with E-state index in [-0.39, 0.29) is 35.9 Å². The molecule has 1 aromatic heterocycles. The number of hydrogen-bond donors (Lipinski definition) is 7. The lowest BCUT2D eigenvalue weighted by Crippen LogP contribution is -2.76. The number of aliphatic carboxylic acids is 1. The third-order valence-electron chi connectivity index (χ3n) is 8.51. The smallest absolute Gasteiger partial charge is 0.418 e. The molecule has 0 saturated carbocycles. The maximum absolute atomic E-state index is 13.4. The fourth-order valence-corrected chi connectivity index (χ4v) is 6.64. The number of carbonyl (C=O) groups is 3. The number of thiazole rings is 1. The van der Waals surface area contributed by atoms with E-state index >= 15 is 0 Å². The number of nitrogens with zero attached hydrogens (tertiary/aromatic N) is 4. The van der Waals surface area contributed by atoms with Gasteiger partial charge in [-0.3, -0.25) is 19.1 Å². The van der Waals surface area contributed by atoms with Crippen LogP contribution < -0.4 is 26.8 Å². The molecule has 2 aromatic rings. The molecule has 3 unspecified atom stereocenters. The number of amides is 2. The first kappa shape index (κ1) is 35.9. The van der Waals surface area contributed by atoms with Crippen LogP contribution in [-0.4, -0.2) is 111 Å². The van der Waals surface area contributed by atoms with Gasteiger partial charge in [0, 0.05) is 23.5 Å². The van der Waals surface area contributed by atoms with E-state index in [0.717, 1.165) is 16.9 Å². The van der Waals surface area contributed by atoms with Gasteiger partial charge in [-0.05, 0) is 63.8 Å². The van der Waals surface area contributed by atoms with Gasteiger partial charge in [-0.25, -0.2) is 9.78 Å². The molecule has 0 radical (unpaired) electrons. The summed E-state index contributed by atoms with van der Waals surface area (Å²) in [6.45, 7) is 4.57. The summed E-state index contributed by atoms with van der Waals surface area (Å²) in [5, 5.41) is 30.9. The minimum atomic E-state index is -5.03. The Bertz CT molecular complexity index is 1810. The predicted octanol–water partition coefficient (Wildman–Crippen LogP) is -1.05. The Balaban J connectivity index is 1.34. The van der Waals surface area contributed by atoms with Crippen molar-refractivity contribution in [2.45, 2.75) is 75.4 Å². The summed E-state index contributed by atoms with van der Waals surface area (Å²) in [5.74, 6) is -2.76. The van der Waals surface area contributed by atoms with Crippen LogP contribution in [0.3, 0.4) is 0 Å². The predicted molar refractivity (Wildman–Crippen MR) is 173 cm³/mol. The van der Waals surface area contributed by atoms with E-state index in [9.17, 15) is 33.0 Å². The van der Waals surface area contributed by atoms with Gasteiger partial charge in [0.1, 0.15) is 23.3 Å². The molecule has 5 atom stereocenters. The number of carboxylic acid groups (broad SMARTS) is 1. The molecule has 0 bridgehead atoms. The van der Waals surface area contributed by atoms with E-state index in [1.54, 1.807) is 12.1 Å². The van der Waals surface area contributed by atoms with Crippen LogP contribution in [0, 0.1) is 0 Å². The number of nitrogens with one attached hydrogen (secondary N) is 2. The highest BCUT2D eigenvalue weighted by Gasteiger charge is 2.58. The number of fused-ring (bicyclic) bond motifs is 1. The van der Waals surface area contributed by atoms with Gasteiger partial charge in [0.15, 0.2) is 16.9 Å². The molecule has 3 aliphatic rings. The second kappa shape index (κ2) is 13.5. The van der Waals surface area contributed by atoms with Crippen molar-refractivity contribution in [2.24, 2.45) is 15.9 Å². The summed E-state index contributed by atoms with van der Waals surface area (Å²) < 4.78 is 41.7. The monoisotopic (exact) mass is 724 g/mol. The Kier molecular flexibility index (Phi) is 9.87. The normalized spacial score (nSPS) is 25.1. The van der Waals surface area contributed by atoms with Crippen LogP contribution in [0.5, 0.6) is 5.75 Å². The van der Waals surface area contributed by atoms with Crippen LogP contribution in [0.1, 0.15) is 50.4 Å². The number of nitrogens with two attached hydrogens (primary N) is 2. The van der Waals surface area contributed by atoms with Gasteiger partial charge in [0.25, 0.3) is 17.4 Å². The first-order valence-electron chi connectivity index (χ1n) is 14.9. The van der Waals surface area contributed by atoms with Crippen molar-refractivity contribution >= 4 is 56.2 Å². The first-order valence-corrected chi connectivity index (χ1v) is 17.2. The molecule has 0 aliphatic carbocycles. The number of rotatable bonds is 12. The van der Waals surface area contributed by atoms with Crippen molar-refractivity contribution in [3.05, 3.63) is 40.4 Å². The topological polar surface area (TPSA) is 291 Å². The number of anilines is 1. The summed E-state index contributed by atoms with van der Waals surface area (Å²) in [6, 6.07) is 3.71. The van der Waals surface area contributed by atoms with E-state index in [1.165, 1.54) is 26.2 Å². The number of aryl methyl sites for hydroxylation is 1. The Morgan fingerprint density at radius 1 is 1.35 bits per heavy atom. The summed E-state index contributed by atoms with van der Waals surface area (Å²) in [5.41, 5.74) is 9.25. The number of aromatic nitrogens is 1. The molecule has 0 spiro atoms. The van der Waals surface area contributed by atoms with Gasteiger partial charge in [-0.2, -0.15) is 13.5 Å². The zero-order valence-electron chi connectivity index (χ0n) is 26.5. The van der Waals surface area contributed by atoms with E-state index in [2.05, 4.69) is 30.0 Å². The van der Waals surface area contributed by atoms with Crippen LogP contribution >= 0.6 is 11.3 Å². The molecule has 5 rings (SSSR count). The third-order valence-corrected chi connectivity index (χ3v) is 9.52. The summed E-state index contributed by atoms with van der Waals surface area (Å²) in [6.07, 6.45) is 0.131. The highest BCUT2D eigenvalue weighted by atomic mass is 32.3. The number of β-lactam (4-membered cyclic amide) rings is 1. The van der Waals surface area contributed by atoms with Crippen molar-refractivity contribution in [2.75, 3.05) is 18.9 Å². The van der Waals surface area contributed by atoms with Crippen LogP contribution in [0.4, 0.5) is 5.13 Å². The van der Waals surface area contributed by atoms with Crippen LogP contribution in [0.15, 0.2) is 33.7 Å². The molecule has 1 aromatic carbocycles. The molecule has 3 aliphatic heterocycles. The van der Waals surface area contributed by atoms with Gasteiger partial charge >= 0.3 is 16.4 Å². The van der Waals surface area contributed by atoms with Crippen molar-refractivity contribution < 1.29 is 51.4 Å². The quantitative estimate of drug-likeness (QED) is 0.0452. The third kappa shape index (κ3) is 7.45. The van der Waals surface area contributed by atoms with Gasteiger partial charge in [0.2, 0.25) is 0 Å². The van der Waals surface area contributed by atoms with E-state index in [0.29, 0.717) is 41.6 Å². The number of ether oxygens (including phenoxy) is 1. The Morgan fingerprint density at radius 2 is 2.08 bits per heavy atom. The van der Waals surface area contributed by atoms with Gasteiger partial charge in [-0.15, -0.1) is 15.6 Å². The summed E-state index contributed by atoms with van der Waals surface area (Å²) in [7, 11) is -5.03. The lowest BCUT2D eigenvalue weighted by Gasteiger charge is -2.50. The number of carboxylic acids is 1. The van der Waals surface area contributed by atoms with Crippen LogP contribution in [0.2, 0.25) is 0 Å². The molecule has 19 nitrogen and oxygen atoms in total. The Labute approximate surface area is 284 Å². The standard InChI is InChI=1S/C28H36N8O11S2/c1-27(2)21(24(39)36(27)47-49(42,43)44)34-23(38)20(17-12-48-26(30)33-17)35-46-28(3,25(40)41)19-7-5-13-8-14(4-6-18(13)45-19)22(29)32-15-9-16(11-37)31-10-15/h4,6,8,12,15-16,19,21,31,37H,5,7,9-11H2,1-3H3,(H2,29,32)(H2,30,33)(H,34,38)(H,40,41)(H,42,43,44)/t15-,16+,19?,21?,28?/m0/s1. The lowest BCUT2D eigenvalue weighted by molar-refractivity contribution is -0.218. The summed E-state index contributed by atoms with van der Waals surface area (Å²) in [4.78, 5) is 52.9. The van der Waals surface area contributed by atoms with Gasteiger partial charge in [0.05, 0.1) is 18.2 Å². The maximum atomic E-state index is 13.4.